The molecule has 0 bridgehead atoms. The Labute approximate surface area is 111 Å². The number of carbonyl (C=O) groups is 1. The van der Waals surface area contributed by atoms with Crippen LogP contribution in [-0.4, -0.2) is 37.0 Å². The number of nitrogens with zero attached hydrogens (tertiary/aromatic N) is 1. The molecule has 1 aromatic rings. The van der Waals surface area contributed by atoms with Gasteiger partial charge in [-0.25, -0.2) is 0 Å². The molecule has 1 fully saturated rings. The lowest BCUT2D eigenvalue weighted by atomic mass is 10.2. The highest BCUT2D eigenvalue weighted by Gasteiger charge is 2.19. The number of nitrogens with one attached hydrogen (secondary N) is 1. The van der Waals surface area contributed by atoms with Crippen LogP contribution in [0.2, 0.25) is 0 Å². The summed E-state index contributed by atoms with van der Waals surface area (Å²) in [6.45, 7) is 3.31. The minimum absolute atomic E-state index is 0.0980. The Bertz CT molecular complexity index is 403. The first-order valence-corrected chi connectivity index (χ1v) is 6.72. The zero-order valence-corrected chi connectivity index (χ0v) is 11.8. The molecular formula is C11H12Br2N2O. The van der Waals surface area contributed by atoms with E-state index in [1.54, 1.807) is 0 Å². The van der Waals surface area contributed by atoms with Gasteiger partial charge in [-0.3, -0.25) is 4.79 Å². The van der Waals surface area contributed by atoms with E-state index in [2.05, 4.69) is 37.2 Å². The average Bonchev–Trinajstić information content (AvgIpc) is 2.29. The van der Waals surface area contributed by atoms with Crippen LogP contribution in [0, 0.1) is 0 Å². The zero-order valence-electron chi connectivity index (χ0n) is 8.67. The van der Waals surface area contributed by atoms with E-state index in [9.17, 15) is 4.79 Å². The molecule has 0 aliphatic carbocycles. The first-order valence-electron chi connectivity index (χ1n) is 5.13. The highest BCUT2D eigenvalue weighted by atomic mass is 79.9. The van der Waals surface area contributed by atoms with Crippen LogP contribution in [0.3, 0.4) is 0 Å². The second kappa shape index (κ2) is 5.29. The van der Waals surface area contributed by atoms with Crippen LogP contribution in [0.4, 0.5) is 0 Å². The normalized spacial score (nSPS) is 16.2. The molecule has 0 spiro atoms. The van der Waals surface area contributed by atoms with E-state index in [-0.39, 0.29) is 5.91 Å². The minimum Gasteiger partial charge on any atom is -0.336 e. The molecule has 3 nitrogen and oxygen atoms in total. The molecule has 1 heterocycles. The number of amides is 1. The maximum absolute atomic E-state index is 12.2. The van der Waals surface area contributed by atoms with Crippen LogP contribution in [0.25, 0.3) is 0 Å². The molecule has 2 rings (SSSR count). The number of halogens is 2. The van der Waals surface area contributed by atoms with Crippen LogP contribution < -0.4 is 5.32 Å². The van der Waals surface area contributed by atoms with Crippen molar-refractivity contribution >= 4 is 37.8 Å². The van der Waals surface area contributed by atoms with E-state index >= 15 is 0 Å². The molecule has 0 radical (unpaired) electrons. The van der Waals surface area contributed by atoms with Crippen molar-refractivity contribution in [3.8, 4) is 0 Å². The second-order valence-electron chi connectivity index (χ2n) is 3.67. The number of carbonyl (C=O) groups excluding carboxylic acids is 1. The van der Waals surface area contributed by atoms with Crippen molar-refractivity contribution in [1.29, 1.82) is 0 Å². The Morgan fingerprint density at radius 3 is 2.56 bits per heavy atom. The van der Waals surface area contributed by atoms with Crippen LogP contribution in [0.15, 0.2) is 27.1 Å². The van der Waals surface area contributed by atoms with Crippen LogP contribution in [0.1, 0.15) is 10.4 Å². The lowest BCUT2D eigenvalue weighted by Gasteiger charge is -2.27. The Hall–Kier alpha value is -0.390. The van der Waals surface area contributed by atoms with Gasteiger partial charge in [0.05, 0.1) is 5.56 Å². The molecule has 1 saturated heterocycles. The summed E-state index contributed by atoms with van der Waals surface area (Å²) < 4.78 is 1.81. The topological polar surface area (TPSA) is 32.3 Å². The fourth-order valence-electron chi connectivity index (χ4n) is 1.70. The molecule has 1 aromatic carbocycles. The van der Waals surface area contributed by atoms with Crippen molar-refractivity contribution in [3.05, 3.63) is 32.7 Å². The van der Waals surface area contributed by atoms with Crippen molar-refractivity contribution < 1.29 is 4.79 Å². The molecule has 1 aliphatic heterocycles. The van der Waals surface area contributed by atoms with E-state index in [4.69, 9.17) is 0 Å². The summed E-state index contributed by atoms with van der Waals surface area (Å²) in [5, 5.41) is 3.23. The molecule has 0 aromatic heterocycles. The molecule has 5 heteroatoms. The van der Waals surface area contributed by atoms with Gasteiger partial charge in [0, 0.05) is 35.1 Å². The van der Waals surface area contributed by atoms with E-state index in [0.717, 1.165) is 40.7 Å². The predicted molar refractivity (Wildman–Crippen MR) is 70.6 cm³/mol. The van der Waals surface area contributed by atoms with Crippen LogP contribution in [0.5, 0.6) is 0 Å². The van der Waals surface area contributed by atoms with E-state index < -0.39 is 0 Å². The van der Waals surface area contributed by atoms with Crippen molar-refractivity contribution in [2.75, 3.05) is 26.2 Å². The average molecular weight is 348 g/mol. The van der Waals surface area contributed by atoms with Gasteiger partial charge in [-0.1, -0.05) is 15.9 Å². The molecule has 16 heavy (non-hydrogen) atoms. The molecule has 1 N–H and O–H groups in total. The molecular weight excluding hydrogens is 336 g/mol. The third-order valence-corrected chi connectivity index (χ3v) is 3.72. The molecule has 1 aliphatic rings. The van der Waals surface area contributed by atoms with Crippen molar-refractivity contribution in [1.82, 2.24) is 10.2 Å². The number of piperazine rings is 1. The summed E-state index contributed by atoms with van der Waals surface area (Å²) in [7, 11) is 0. The lowest BCUT2D eigenvalue weighted by molar-refractivity contribution is 0.0735. The van der Waals surface area contributed by atoms with Gasteiger partial charge in [0.25, 0.3) is 5.91 Å². The van der Waals surface area contributed by atoms with Crippen molar-refractivity contribution in [3.63, 3.8) is 0 Å². The molecule has 1 amide bonds. The number of rotatable bonds is 1. The fourth-order valence-corrected chi connectivity index (χ4v) is 2.92. The molecule has 0 saturated carbocycles. The summed E-state index contributed by atoms with van der Waals surface area (Å²) in [4.78, 5) is 14.1. The third-order valence-electron chi connectivity index (χ3n) is 2.57. The van der Waals surface area contributed by atoms with Gasteiger partial charge in [0.1, 0.15) is 0 Å². The van der Waals surface area contributed by atoms with Gasteiger partial charge in [-0.15, -0.1) is 0 Å². The maximum atomic E-state index is 12.2. The third kappa shape index (κ3) is 2.64. The zero-order chi connectivity index (χ0) is 11.5. The summed E-state index contributed by atoms with van der Waals surface area (Å²) in [5.74, 6) is 0.0980. The monoisotopic (exact) mass is 346 g/mol. The Kier molecular flexibility index (Phi) is 4.00. The Balaban J connectivity index is 2.19. The standard InChI is InChI=1S/C11H12Br2N2O/c12-8-1-2-9(10(13)7-8)11(16)15-5-3-14-4-6-15/h1-2,7,14H,3-6H2. The van der Waals surface area contributed by atoms with Gasteiger partial charge in [-0.05, 0) is 34.1 Å². The maximum Gasteiger partial charge on any atom is 0.255 e. The Morgan fingerprint density at radius 1 is 1.25 bits per heavy atom. The molecule has 0 atom stereocenters. The quantitative estimate of drug-likeness (QED) is 0.845. The number of benzene rings is 1. The van der Waals surface area contributed by atoms with E-state index in [1.807, 2.05) is 23.1 Å². The summed E-state index contributed by atoms with van der Waals surface area (Å²) in [6.07, 6.45) is 0. The first kappa shape index (κ1) is 12.1. The van der Waals surface area contributed by atoms with Gasteiger partial charge >= 0.3 is 0 Å². The lowest BCUT2D eigenvalue weighted by Crippen LogP contribution is -2.46. The summed E-state index contributed by atoms with van der Waals surface area (Å²) in [6, 6.07) is 5.63. The van der Waals surface area contributed by atoms with Gasteiger partial charge in [-0.2, -0.15) is 0 Å². The number of hydrogen-bond donors (Lipinski definition) is 1. The van der Waals surface area contributed by atoms with Crippen LogP contribution in [-0.2, 0) is 0 Å². The first-order chi connectivity index (χ1) is 7.68. The predicted octanol–water partition coefficient (Wildman–Crippen LogP) is 2.26. The summed E-state index contributed by atoms with van der Waals surface area (Å²) >= 11 is 6.80. The second-order valence-corrected chi connectivity index (χ2v) is 5.44. The SMILES string of the molecule is O=C(c1ccc(Br)cc1Br)N1CCNCC1. The van der Waals surface area contributed by atoms with Crippen molar-refractivity contribution in [2.45, 2.75) is 0 Å². The minimum atomic E-state index is 0.0980. The largest absolute Gasteiger partial charge is 0.336 e. The Morgan fingerprint density at radius 2 is 1.94 bits per heavy atom. The van der Waals surface area contributed by atoms with E-state index in [1.165, 1.54) is 0 Å². The van der Waals surface area contributed by atoms with Crippen LogP contribution >= 0.6 is 31.9 Å². The highest BCUT2D eigenvalue weighted by Crippen LogP contribution is 2.23. The molecule has 0 unspecified atom stereocenters. The number of hydrogen-bond acceptors (Lipinski definition) is 2. The molecule has 86 valence electrons. The van der Waals surface area contributed by atoms with E-state index in [0.29, 0.717) is 0 Å². The van der Waals surface area contributed by atoms with Gasteiger partial charge < -0.3 is 10.2 Å². The van der Waals surface area contributed by atoms with Gasteiger partial charge in [0.15, 0.2) is 0 Å². The summed E-state index contributed by atoms with van der Waals surface area (Å²) in [5.41, 5.74) is 0.727. The highest BCUT2D eigenvalue weighted by molar-refractivity contribution is 9.11. The van der Waals surface area contributed by atoms with Crippen molar-refractivity contribution in [2.24, 2.45) is 0 Å². The van der Waals surface area contributed by atoms with Gasteiger partial charge in [0.2, 0.25) is 0 Å². The smallest absolute Gasteiger partial charge is 0.255 e. The fraction of sp³-hybridized carbons (Fsp3) is 0.364.